The summed E-state index contributed by atoms with van der Waals surface area (Å²) in [5.41, 5.74) is 6.85. The van der Waals surface area contributed by atoms with Gasteiger partial charge in [-0.05, 0) is 24.1 Å². The Morgan fingerprint density at radius 1 is 1.11 bits per heavy atom. The SMILES string of the molecule is N[C@@H](Cc1ccccc1)C(=O)Oc1ccccc1S. The van der Waals surface area contributed by atoms with E-state index < -0.39 is 12.0 Å². The Morgan fingerprint density at radius 3 is 2.42 bits per heavy atom. The Balaban J connectivity index is 1.99. The summed E-state index contributed by atoms with van der Waals surface area (Å²) in [4.78, 5) is 12.5. The topological polar surface area (TPSA) is 52.3 Å². The second-order valence-electron chi connectivity index (χ2n) is 4.19. The predicted molar refractivity (Wildman–Crippen MR) is 77.5 cm³/mol. The van der Waals surface area contributed by atoms with Crippen molar-refractivity contribution < 1.29 is 9.53 Å². The molecule has 2 aromatic carbocycles. The average Bonchev–Trinajstić information content (AvgIpc) is 2.42. The normalized spacial score (nSPS) is 11.9. The van der Waals surface area contributed by atoms with Crippen LogP contribution in [-0.4, -0.2) is 12.0 Å². The van der Waals surface area contributed by atoms with E-state index in [9.17, 15) is 4.79 Å². The van der Waals surface area contributed by atoms with E-state index in [0.29, 0.717) is 17.1 Å². The van der Waals surface area contributed by atoms with Crippen LogP contribution >= 0.6 is 12.6 Å². The van der Waals surface area contributed by atoms with Crippen LogP contribution in [0.3, 0.4) is 0 Å². The minimum atomic E-state index is -0.685. The molecule has 2 N–H and O–H groups in total. The number of hydrogen-bond donors (Lipinski definition) is 2. The van der Waals surface area contributed by atoms with E-state index in [1.54, 1.807) is 18.2 Å². The number of benzene rings is 2. The molecule has 2 rings (SSSR count). The number of carbonyl (C=O) groups is 1. The van der Waals surface area contributed by atoms with Gasteiger partial charge in [0, 0.05) is 4.90 Å². The van der Waals surface area contributed by atoms with Gasteiger partial charge in [0.2, 0.25) is 0 Å². The molecule has 3 nitrogen and oxygen atoms in total. The lowest BCUT2D eigenvalue weighted by Gasteiger charge is -2.12. The second-order valence-corrected chi connectivity index (χ2v) is 4.67. The van der Waals surface area contributed by atoms with Gasteiger partial charge in [0.1, 0.15) is 11.8 Å². The van der Waals surface area contributed by atoms with Crippen LogP contribution in [0.5, 0.6) is 5.75 Å². The lowest BCUT2D eigenvalue weighted by molar-refractivity contribution is -0.136. The number of hydrogen-bond acceptors (Lipinski definition) is 4. The summed E-state index contributed by atoms with van der Waals surface area (Å²) in [6.45, 7) is 0. The van der Waals surface area contributed by atoms with E-state index in [1.165, 1.54) is 0 Å². The van der Waals surface area contributed by atoms with E-state index in [4.69, 9.17) is 10.5 Å². The summed E-state index contributed by atoms with van der Waals surface area (Å²) in [5, 5.41) is 0. The zero-order chi connectivity index (χ0) is 13.7. The number of esters is 1. The van der Waals surface area contributed by atoms with Crippen molar-refractivity contribution in [2.75, 3.05) is 0 Å². The van der Waals surface area contributed by atoms with Crippen molar-refractivity contribution in [3.05, 3.63) is 60.2 Å². The molecule has 4 heteroatoms. The molecular formula is C15H15NO2S. The Labute approximate surface area is 117 Å². The summed E-state index contributed by atoms with van der Waals surface area (Å²) in [5.74, 6) is -0.0234. The van der Waals surface area contributed by atoms with Crippen molar-refractivity contribution in [1.82, 2.24) is 0 Å². The van der Waals surface area contributed by atoms with Gasteiger partial charge in [0.05, 0.1) is 0 Å². The van der Waals surface area contributed by atoms with Crippen LogP contribution in [-0.2, 0) is 11.2 Å². The highest BCUT2D eigenvalue weighted by Gasteiger charge is 2.17. The molecule has 0 bridgehead atoms. The summed E-state index contributed by atoms with van der Waals surface area (Å²) in [6, 6.07) is 16.0. The van der Waals surface area contributed by atoms with Crippen molar-refractivity contribution in [3.63, 3.8) is 0 Å². The zero-order valence-corrected chi connectivity index (χ0v) is 11.2. The first kappa shape index (κ1) is 13.6. The van der Waals surface area contributed by atoms with Crippen molar-refractivity contribution in [1.29, 1.82) is 0 Å². The standard InChI is InChI=1S/C15H15NO2S/c16-12(10-11-6-2-1-3-7-11)15(17)18-13-8-4-5-9-14(13)19/h1-9,12,19H,10,16H2/t12-/m0/s1. The van der Waals surface area contributed by atoms with Gasteiger partial charge in [-0.2, -0.15) is 0 Å². The number of para-hydroxylation sites is 1. The summed E-state index contributed by atoms with van der Waals surface area (Å²) in [6.07, 6.45) is 0.453. The van der Waals surface area contributed by atoms with E-state index >= 15 is 0 Å². The zero-order valence-electron chi connectivity index (χ0n) is 10.3. The molecule has 2 aromatic rings. The fraction of sp³-hybridized carbons (Fsp3) is 0.133. The van der Waals surface area contributed by atoms with Crippen LogP contribution in [0.25, 0.3) is 0 Å². The third-order valence-corrected chi connectivity index (χ3v) is 3.05. The van der Waals surface area contributed by atoms with Crippen LogP contribution in [0.15, 0.2) is 59.5 Å². The maximum absolute atomic E-state index is 11.9. The Hall–Kier alpha value is -1.78. The summed E-state index contributed by atoms with van der Waals surface area (Å²) < 4.78 is 5.24. The summed E-state index contributed by atoms with van der Waals surface area (Å²) in [7, 11) is 0. The highest BCUT2D eigenvalue weighted by molar-refractivity contribution is 7.80. The monoisotopic (exact) mass is 273 g/mol. The fourth-order valence-electron chi connectivity index (χ4n) is 1.68. The molecule has 0 aliphatic carbocycles. The predicted octanol–water partition coefficient (Wildman–Crippen LogP) is 2.45. The van der Waals surface area contributed by atoms with E-state index in [2.05, 4.69) is 12.6 Å². The number of nitrogens with two attached hydrogens (primary N) is 1. The molecule has 19 heavy (non-hydrogen) atoms. The highest BCUT2D eigenvalue weighted by Crippen LogP contribution is 2.21. The number of ether oxygens (including phenoxy) is 1. The molecule has 0 unspecified atom stereocenters. The molecule has 0 radical (unpaired) electrons. The molecular weight excluding hydrogens is 258 g/mol. The molecule has 98 valence electrons. The third kappa shape index (κ3) is 3.84. The van der Waals surface area contributed by atoms with Crippen LogP contribution in [0.2, 0.25) is 0 Å². The Bertz CT molecular complexity index is 557. The molecule has 0 heterocycles. The molecule has 0 amide bonds. The van der Waals surface area contributed by atoms with Gasteiger partial charge in [0.15, 0.2) is 0 Å². The first-order chi connectivity index (χ1) is 9.16. The quantitative estimate of drug-likeness (QED) is 0.511. The Kier molecular flexibility index (Phi) is 4.60. The van der Waals surface area contributed by atoms with Crippen LogP contribution in [0, 0.1) is 0 Å². The average molecular weight is 273 g/mol. The van der Waals surface area contributed by atoms with E-state index in [-0.39, 0.29) is 0 Å². The van der Waals surface area contributed by atoms with Crippen molar-refractivity contribution >= 4 is 18.6 Å². The fourth-order valence-corrected chi connectivity index (χ4v) is 1.89. The van der Waals surface area contributed by atoms with Gasteiger partial charge >= 0.3 is 5.97 Å². The maximum atomic E-state index is 11.9. The van der Waals surface area contributed by atoms with Gasteiger partial charge in [-0.1, -0.05) is 42.5 Å². The molecule has 0 aliphatic rings. The molecule has 0 fully saturated rings. The minimum absolute atomic E-state index is 0.430. The van der Waals surface area contributed by atoms with Gasteiger partial charge in [-0.3, -0.25) is 0 Å². The number of thiol groups is 1. The van der Waals surface area contributed by atoms with Gasteiger partial charge in [-0.25, -0.2) is 4.79 Å². The Morgan fingerprint density at radius 2 is 1.74 bits per heavy atom. The number of carbonyl (C=O) groups excluding carboxylic acids is 1. The highest BCUT2D eigenvalue weighted by atomic mass is 32.1. The third-order valence-electron chi connectivity index (χ3n) is 2.68. The molecule has 0 aliphatic heterocycles. The van der Waals surface area contributed by atoms with Crippen molar-refractivity contribution in [3.8, 4) is 5.75 Å². The minimum Gasteiger partial charge on any atom is -0.424 e. The van der Waals surface area contributed by atoms with Crippen molar-refractivity contribution in [2.24, 2.45) is 5.73 Å². The van der Waals surface area contributed by atoms with Gasteiger partial charge < -0.3 is 10.5 Å². The first-order valence-corrected chi connectivity index (χ1v) is 6.41. The molecule has 0 aromatic heterocycles. The molecule has 1 atom stereocenters. The summed E-state index contributed by atoms with van der Waals surface area (Å²) >= 11 is 4.22. The maximum Gasteiger partial charge on any atom is 0.328 e. The van der Waals surface area contributed by atoms with Crippen LogP contribution < -0.4 is 10.5 Å². The molecule has 0 spiro atoms. The molecule has 0 saturated heterocycles. The second kappa shape index (κ2) is 6.41. The lowest BCUT2D eigenvalue weighted by atomic mass is 10.1. The van der Waals surface area contributed by atoms with E-state index in [1.807, 2.05) is 36.4 Å². The van der Waals surface area contributed by atoms with Crippen LogP contribution in [0.4, 0.5) is 0 Å². The largest absolute Gasteiger partial charge is 0.424 e. The van der Waals surface area contributed by atoms with Crippen LogP contribution in [0.1, 0.15) is 5.56 Å². The first-order valence-electron chi connectivity index (χ1n) is 5.96. The van der Waals surface area contributed by atoms with Crippen molar-refractivity contribution in [2.45, 2.75) is 17.4 Å². The molecule has 0 saturated carbocycles. The smallest absolute Gasteiger partial charge is 0.328 e. The van der Waals surface area contributed by atoms with E-state index in [0.717, 1.165) is 5.56 Å². The number of rotatable bonds is 4. The van der Waals surface area contributed by atoms with Gasteiger partial charge in [0.25, 0.3) is 0 Å². The lowest BCUT2D eigenvalue weighted by Crippen LogP contribution is -2.36. The van der Waals surface area contributed by atoms with Gasteiger partial charge in [-0.15, -0.1) is 12.6 Å².